The third kappa shape index (κ3) is 3.42. The molecule has 0 radical (unpaired) electrons. The first-order chi connectivity index (χ1) is 14.3. The van der Waals surface area contributed by atoms with Crippen LogP contribution in [0.25, 0.3) is 0 Å². The molecule has 3 saturated carbocycles. The molecule has 0 aromatic carbocycles. The van der Waals surface area contributed by atoms with Gasteiger partial charge in [-0.25, -0.2) is 0 Å². The molecule has 6 atom stereocenters. The minimum Gasteiger partial charge on any atom is -0.394 e. The van der Waals surface area contributed by atoms with E-state index in [-0.39, 0.29) is 43.9 Å². The zero-order valence-electron chi connectivity index (χ0n) is 18.3. The van der Waals surface area contributed by atoms with E-state index < -0.39 is 23.0 Å². The Bertz CT molecular complexity index is 714. The van der Waals surface area contributed by atoms with Crippen molar-refractivity contribution in [1.82, 2.24) is 0 Å². The maximum atomic E-state index is 13.3. The van der Waals surface area contributed by atoms with Crippen molar-refractivity contribution in [2.45, 2.75) is 64.6 Å². The normalized spacial score (nSPS) is 33.9. The van der Waals surface area contributed by atoms with E-state index in [1.54, 1.807) is 13.8 Å². The van der Waals surface area contributed by atoms with Crippen LogP contribution in [-0.2, 0) is 19.1 Å². The third-order valence-corrected chi connectivity index (χ3v) is 7.89. The van der Waals surface area contributed by atoms with Gasteiger partial charge in [-0.3, -0.25) is 9.59 Å². The van der Waals surface area contributed by atoms with Crippen molar-refractivity contribution >= 4 is 11.6 Å². The number of fused-ring (bicyclic) bond motifs is 5. The average Bonchev–Trinajstić information content (AvgIpc) is 3.39. The standard InChI is InChI=1S/C24H36O6/c1-15(2)19(27)21(29-12-10-25)23-9-7-17(14-23)18-6-5-8-24(18,23)22(30-13-11-26)20(28)16(3)4/h17-18,21-22,25-26H,1,3,5-14H2,2,4H3. The molecule has 0 saturated heterocycles. The minimum absolute atomic E-state index is 0.0629. The summed E-state index contributed by atoms with van der Waals surface area (Å²) in [6.07, 6.45) is 3.85. The number of aliphatic hydroxyl groups is 2. The number of ketones is 2. The van der Waals surface area contributed by atoms with Crippen molar-refractivity contribution in [3.8, 4) is 0 Å². The number of Topliss-reactive ketones (excluding diaryl/α,β-unsaturated/α-hetero) is 2. The molecule has 2 bridgehead atoms. The summed E-state index contributed by atoms with van der Waals surface area (Å²) in [5.41, 5.74) is -0.233. The van der Waals surface area contributed by atoms with E-state index >= 15 is 0 Å². The van der Waals surface area contributed by atoms with Gasteiger partial charge in [0.1, 0.15) is 12.2 Å². The summed E-state index contributed by atoms with van der Waals surface area (Å²) in [6, 6.07) is 0. The molecule has 30 heavy (non-hydrogen) atoms. The van der Waals surface area contributed by atoms with Crippen LogP contribution in [0.5, 0.6) is 0 Å². The molecule has 0 spiro atoms. The van der Waals surface area contributed by atoms with E-state index in [9.17, 15) is 19.8 Å². The Morgan fingerprint density at radius 1 is 0.967 bits per heavy atom. The molecule has 6 unspecified atom stereocenters. The number of aliphatic hydroxyl groups excluding tert-OH is 2. The van der Waals surface area contributed by atoms with Gasteiger partial charge in [-0.15, -0.1) is 0 Å². The molecule has 3 rings (SSSR count). The summed E-state index contributed by atoms with van der Waals surface area (Å²) in [4.78, 5) is 26.6. The Morgan fingerprint density at radius 2 is 1.53 bits per heavy atom. The van der Waals surface area contributed by atoms with Crippen LogP contribution < -0.4 is 0 Å². The van der Waals surface area contributed by atoms with E-state index in [0.29, 0.717) is 17.1 Å². The molecule has 0 aromatic heterocycles. The summed E-state index contributed by atoms with van der Waals surface area (Å²) in [5.74, 6) is 0.394. The molecule has 3 aliphatic carbocycles. The number of ether oxygens (including phenoxy) is 2. The van der Waals surface area contributed by atoms with Crippen molar-refractivity contribution in [3.05, 3.63) is 24.3 Å². The summed E-state index contributed by atoms with van der Waals surface area (Å²) < 4.78 is 12.1. The van der Waals surface area contributed by atoms with Gasteiger partial charge >= 0.3 is 0 Å². The highest BCUT2D eigenvalue weighted by atomic mass is 16.5. The van der Waals surface area contributed by atoms with Gasteiger partial charge in [0, 0.05) is 10.8 Å². The molecule has 0 heterocycles. The fourth-order valence-electron chi connectivity index (χ4n) is 7.02. The number of rotatable bonds is 12. The molecule has 168 valence electrons. The molecule has 6 nitrogen and oxygen atoms in total. The van der Waals surface area contributed by atoms with E-state index in [4.69, 9.17) is 9.47 Å². The summed E-state index contributed by atoms with van der Waals surface area (Å²) in [7, 11) is 0. The van der Waals surface area contributed by atoms with Gasteiger partial charge in [0.05, 0.1) is 26.4 Å². The molecule has 2 N–H and O–H groups in total. The van der Waals surface area contributed by atoms with Crippen molar-refractivity contribution in [1.29, 1.82) is 0 Å². The lowest BCUT2D eigenvalue weighted by Gasteiger charge is -2.54. The van der Waals surface area contributed by atoms with Gasteiger partial charge in [-0.1, -0.05) is 19.6 Å². The predicted octanol–water partition coefficient (Wildman–Crippen LogP) is 2.62. The SMILES string of the molecule is C=C(C)C(=O)C(OCCO)C12CCC(C1)C1CCCC12C(OCCO)C(=O)C(=C)C. The van der Waals surface area contributed by atoms with Crippen LogP contribution in [0.15, 0.2) is 24.3 Å². The number of carbonyl (C=O) groups is 2. The number of hydrogen-bond acceptors (Lipinski definition) is 6. The molecule has 0 amide bonds. The van der Waals surface area contributed by atoms with Crippen LogP contribution in [0.2, 0.25) is 0 Å². The molecule has 3 fully saturated rings. The highest BCUT2D eigenvalue weighted by Gasteiger charge is 2.75. The van der Waals surface area contributed by atoms with E-state index in [1.165, 1.54) is 0 Å². The molecule has 6 heteroatoms. The van der Waals surface area contributed by atoms with Crippen LogP contribution in [0.4, 0.5) is 0 Å². The van der Waals surface area contributed by atoms with Crippen molar-refractivity contribution in [2.75, 3.05) is 26.4 Å². The van der Waals surface area contributed by atoms with Crippen molar-refractivity contribution in [3.63, 3.8) is 0 Å². The van der Waals surface area contributed by atoms with Crippen LogP contribution in [0.3, 0.4) is 0 Å². The first-order valence-corrected chi connectivity index (χ1v) is 11.1. The maximum Gasteiger partial charge on any atom is 0.187 e. The van der Waals surface area contributed by atoms with Gasteiger partial charge in [0.25, 0.3) is 0 Å². The molecular weight excluding hydrogens is 384 g/mol. The maximum absolute atomic E-state index is 13.3. The highest BCUT2D eigenvalue weighted by molar-refractivity contribution is 6.00. The van der Waals surface area contributed by atoms with Crippen LogP contribution in [0, 0.1) is 22.7 Å². The minimum atomic E-state index is -0.756. The first kappa shape index (κ1) is 23.3. The Balaban J connectivity index is 2.14. The predicted molar refractivity (Wildman–Crippen MR) is 113 cm³/mol. The lowest BCUT2D eigenvalue weighted by molar-refractivity contribution is -0.184. The fraction of sp³-hybridized carbons (Fsp3) is 0.750. The lowest BCUT2D eigenvalue weighted by atomic mass is 9.53. The Hall–Kier alpha value is -1.34. The van der Waals surface area contributed by atoms with E-state index in [1.807, 2.05) is 0 Å². The lowest BCUT2D eigenvalue weighted by Crippen LogP contribution is -2.60. The number of hydrogen-bond donors (Lipinski definition) is 2. The Labute approximate surface area is 179 Å². The Morgan fingerprint density at radius 3 is 2.10 bits per heavy atom. The Kier molecular flexibility index (Phi) is 7.02. The van der Waals surface area contributed by atoms with Crippen molar-refractivity contribution in [2.24, 2.45) is 22.7 Å². The second-order valence-electron chi connectivity index (χ2n) is 9.44. The molecule has 3 aliphatic rings. The summed E-state index contributed by atoms with van der Waals surface area (Å²) >= 11 is 0. The van der Waals surface area contributed by atoms with Gasteiger partial charge < -0.3 is 19.7 Å². The summed E-state index contributed by atoms with van der Waals surface area (Å²) in [5, 5.41) is 18.8. The van der Waals surface area contributed by atoms with Crippen molar-refractivity contribution < 1.29 is 29.3 Å². The zero-order chi connectivity index (χ0) is 22.1. The smallest absolute Gasteiger partial charge is 0.187 e. The highest BCUT2D eigenvalue weighted by Crippen LogP contribution is 2.76. The second kappa shape index (κ2) is 9.03. The monoisotopic (exact) mass is 420 g/mol. The fourth-order valence-corrected chi connectivity index (χ4v) is 7.02. The van der Waals surface area contributed by atoms with Crippen LogP contribution >= 0.6 is 0 Å². The zero-order valence-corrected chi connectivity index (χ0v) is 18.3. The van der Waals surface area contributed by atoms with Crippen LogP contribution in [0.1, 0.15) is 52.4 Å². The second-order valence-corrected chi connectivity index (χ2v) is 9.44. The van der Waals surface area contributed by atoms with Gasteiger partial charge in [-0.2, -0.15) is 0 Å². The first-order valence-electron chi connectivity index (χ1n) is 11.1. The van der Waals surface area contributed by atoms with Gasteiger partial charge in [0.2, 0.25) is 0 Å². The van der Waals surface area contributed by atoms with E-state index in [0.717, 1.165) is 38.5 Å². The van der Waals surface area contributed by atoms with Crippen LogP contribution in [-0.4, -0.2) is 60.4 Å². The third-order valence-electron chi connectivity index (χ3n) is 7.89. The number of carbonyl (C=O) groups excluding carboxylic acids is 2. The molecular formula is C24H36O6. The molecule has 0 aromatic rings. The summed E-state index contributed by atoms with van der Waals surface area (Å²) in [6.45, 7) is 10.9. The van der Waals surface area contributed by atoms with Gasteiger partial charge in [0.15, 0.2) is 11.6 Å². The van der Waals surface area contributed by atoms with Gasteiger partial charge in [-0.05, 0) is 68.9 Å². The quantitative estimate of drug-likeness (QED) is 0.472. The average molecular weight is 421 g/mol. The molecule has 0 aliphatic heterocycles. The van der Waals surface area contributed by atoms with E-state index in [2.05, 4.69) is 13.2 Å². The largest absolute Gasteiger partial charge is 0.394 e. The topological polar surface area (TPSA) is 93.1 Å².